The third-order valence-electron chi connectivity index (χ3n) is 4.79. The number of fused-ring (bicyclic) bond motifs is 1. The van der Waals surface area contributed by atoms with Crippen LogP contribution in [0.2, 0.25) is 0 Å². The summed E-state index contributed by atoms with van der Waals surface area (Å²) in [6, 6.07) is 10.1. The van der Waals surface area contributed by atoms with Gasteiger partial charge in [-0.05, 0) is 37.4 Å². The van der Waals surface area contributed by atoms with E-state index in [9.17, 15) is 14.4 Å². The Hall–Kier alpha value is -3.30. The Balaban J connectivity index is 1.92. The average Bonchev–Trinajstić information content (AvgIpc) is 3.37. The molecule has 0 spiro atoms. The molecule has 0 saturated heterocycles. The van der Waals surface area contributed by atoms with Gasteiger partial charge < -0.3 is 9.47 Å². The van der Waals surface area contributed by atoms with Crippen LogP contribution < -0.4 is 19.6 Å². The highest BCUT2D eigenvalue weighted by atomic mass is 32.1. The van der Waals surface area contributed by atoms with E-state index in [1.807, 2.05) is 17.5 Å². The first kappa shape index (κ1) is 21.9. The highest BCUT2D eigenvalue weighted by Crippen LogP contribution is 2.33. The number of thiophene rings is 1. The Bertz CT molecular complexity index is 1400. The Morgan fingerprint density at radius 2 is 2.00 bits per heavy atom. The fourth-order valence-corrected chi connectivity index (χ4v) is 5.36. The minimum absolute atomic E-state index is 0.226. The summed E-state index contributed by atoms with van der Waals surface area (Å²) in [5, 5.41) is 1.90. The Kier molecular flexibility index (Phi) is 6.20. The van der Waals surface area contributed by atoms with E-state index >= 15 is 0 Å². The summed E-state index contributed by atoms with van der Waals surface area (Å²) in [6.07, 6.45) is 1.68. The second kappa shape index (κ2) is 9.05. The van der Waals surface area contributed by atoms with Crippen molar-refractivity contribution in [1.82, 2.24) is 4.57 Å². The number of rotatable bonds is 5. The molecule has 1 atom stereocenters. The second-order valence-electron chi connectivity index (χ2n) is 6.95. The van der Waals surface area contributed by atoms with Gasteiger partial charge in [0.1, 0.15) is 11.8 Å². The number of hydrogen-bond acceptors (Lipinski definition) is 8. The van der Waals surface area contributed by atoms with E-state index in [0.29, 0.717) is 31.9 Å². The number of allylic oxidation sites excluding steroid dienone is 1. The summed E-state index contributed by atoms with van der Waals surface area (Å²) in [6.45, 7) is 5.04. The van der Waals surface area contributed by atoms with Gasteiger partial charge in [-0.3, -0.25) is 14.2 Å². The van der Waals surface area contributed by atoms with Gasteiger partial charge in [-0.25, -0.2) is 9.79 Å². The molecular formula is C23H20N2O5S2. The number of aromatic nitrogens is 1. The lowest BCUT2D eigenvalue weighted by molar-refractivity contribution is -0.139. The summed E-state index contributed by atoms with van der Waals surface area (Å²) in [4.78, 5) is 43.6. The molecule has 7 nitrogen and oxygen atoms in total. The largest absolute Gasteiger partial charge is 0.463 e. The zero-order chi connectivity index (χ0) is 22.8. The molecule has 1 aliphatic heterocycles. The van der Waals surface area contributed by atoms with Gasteiger partial charge in [0.05, 0.1) is 22.4 Å². The zero-order valence-corrected chi connectivity index (χ0v) is 19.3. The number of hydrogen-bond donors (Lipinski definition) is 0. The maximum Gasteiger partial charge on any atom is 0.338 e. The molecule has 164 valence electrons. The molecule has 9 heteroatoms. The molecule has 0 unspecified atom stereocenters. The third-order valence-corrected chi connectivity index (χ3v) is 6.70. The van der Waals surface area contributed by atoms with Crippen molar-refractivity contribution in [1.29, 1.82) is 0 Å². The number of esters is 2. The van der Waals surface area contributed by atoms with Crippen LogP contribution in [0.4, 0.5) is 0 Å². The van der Waals surface area contributed by atoms with Crippen LogP contribution in [0.1, 0.15) is 37.3 Å². The summed E-state index contributed by atoms with van der Waals surface area (Å²) < 4.78 is 12.5. The van der Waals surface area contributed by atoms with Crippen molar-refractivity contribution in [3.8, 4) is 5.75 Å². The lowest BCUT2D eigenvalue weighted by atomic mass is 10.0. The fraction of sp³-hybridized carbons (Fsp3) is 0.217. The number of thiazole rings is 1. The van der Waals surface area contributed by atoms with Gasteiger partial charge in [-0.1, -0.05) is 35.6 Å². The van der Waals surface area contributed by atoms with E-state index in [-0.39, 0.29) is 12.2 Å². The Morgan fingerprint density at radius 3 is 2.69 bits per heavy atom. The highest BCUT2D eigenvalue weighted by Gasteiger charge is 2.33. The van der Waals surface area contributed by atoms with Gasteiger partial charge in [0.25, 0.3) is 5.56 Å². The summed E-state index contributed by atoms with van der Waals surface area (Å²) in [5.74, 6) is -0.564. The number of ether oxygens (including phenoxy) is 2. The minimum Gasteiger partial charge on any atom is -0.463 e. The van der Waals surface area contributed by atoms with Crippen molar-refractivity contribution in [2.75, 3.05) is 6.61 Å². The zero-order valence-electron chi connectivity index (χ0n) is 17.7. The van der Waals surface area contributed by atoms with Crippen LogP contribution >= 0.6 is 22.7 Å². The molecule has 0 aliphatic carbocycles. The summed E-state index contributed by atoms with van der Waals surface area (Å²) in [5.41, 5.74) is 1.20. The number of carbonyl (C=O) groups is 2. The number of nitrogens with zero attached hydrogens (tertiary/aromatic N) is 2. The molecule has 1 aliphatic rings. The van der Waals surface area contributed by atoms with Crippen molar-refractivity contribution in [2.24, 2.45) is 4.99 Å². The lowest BCUT2D eigenvalue weighted by Crippen LogP contribution is -2.39. The van der Waals surface area contributed by atoms with Gasteiger partial charge in [0.15, 0.2) is 4.80 Å². The molecule has 0 fully saturated rings. The van der Waals surface area contributed by atoms with Crippen molar-refractivity contribution < 1.29 is 19.1 Å². The van der Waals surface area contributed by atoms with Gasteiger partial charge in [0.2, 0.25) is 0 Å². The Morgan fingerprint density at radius 1 is 1.22 bits per heavy atom. The van der Waals surface area contributed by atoms with E-state index in [0.717, 1.165) is 4.88 Å². The van der Waals surface area contributed by atoms with Crippen molar-refractivity contribution in [3.05, 3.63) is 83.2 Å². The molecule has 4 rings (SSSR count). The van der Waals surface area contributed by atoms with E-state index in [1.54, 1.807) is 44.2 Å². The van der Waals surface area contributed by atoms with Crippen LogP contribution in [0.5, 0.6) is 5.75 Å². The lowest BCUT2D eigenvalue weighted by Gasteiger charge is -2.23. The highest BCUT2D eigenvalue weighted by molar-refractivity contribution is 7.10. The first-order valence-corrected chi connectivity index (χ1v) is 11.6. The standard InChI is InChI=1S/C23H20N2O5S2/c1-4-29-22(28)19-13(2)24-23-25(20(19)17-10-7-11-31-17)21(27)18(32-23)12-15-8-5-6-9-16(15)30-14(3)26/h5-12,20H,4H2,1-3H3/t20-/m1/s1. The molecule has 1 aromatic carbocycles. The van der Waals surface area contributed by atoms with Crippen LogP contribution in [-0.2, 0) is 14.3 Å². The predicted octanol–water partition coefficient (Wildman–Crippen LogP) is 2.79. The maximum atomic E-state index is 13.5. The van der Waals surface area contributed by atoms with Gasteiger partial charge in [-0.2, -0.15) is 0 Å². The molecule has 0 saturated carbocycles. The number of benzene rings is 1. The van der Waals surface area contributed by atoms with E-state index < -0.39 is 18.0 Å². The van der Waals surface area contributed by atoms with Gasteiger partial charge in [0, 0.05) is 17.4 Å². The molecular weight excluding hydrogens is 448 g/mol. The molecule has 0 bridgehead atoms. The SMILES string of the molecule is CCOC(=O)C1=C(C)N=c2sc(=Cc3ccccc3OC(C)=O)c(=O)n2[C@@H]1c1cccs1. The predicted molar refractivity (Wildman–Crippen MR) is 122 cm³/mol. The van der Waals surface area contributed by atoms with Gasteiger partial charge >= 0.3 is 11.9 Å². The van der Waals surface area contributed by atoms with E-state index in [4.69, 9.17) is 9.47 Å². The molecule has 0 radical (unpaired) electrons. The van der Waals surface area contributed by atoms with Crippen LogP contribution in [0.25, 0.3) is 6.08 Å². The Labute approximate surface area is 191 Å². The topological polar surface area (TPSA) is 87.0 Å². The average molecular weight is 469 g/mol. The molecule has 3 heterocycles. The normalized spacial score (nSPS) is 15.8. The van der Waals surface area contributed by atoms with Crippen LogP contribution in [0, 0.1) is 0 Å². The summed E-state index contributed by atoms with van der Waals surface area (Å²) >= 11 is 2.68. The quantitative estimate of drug-likeness (QED) is 0.425. The van der Waals surface area contributed by atoms with Crippen molar-refractivity contribution >= 4 is 40.7 Å². The molecule has 0 N–H and O–H groups in total. The summed E-state index contributed by atoms with van der Waals surface area (Å²) in [7, 11) is 0. The first-order chi connectivity index (χ1) is 15.4. The van der Waals surface area contributed by atoms with E-state index in [2.05, 4.69) is 4.99 Å². The number of carbonyl (C=O) groups excluding carboxylic acids is 2. The monoisotopic (exact) mass is 468 g/mol. The second-order valence-corrected chi connectivity index (χ2v) is 8.94. The maximum absolute atomic E-state index is 13.5. The molecule has 2 aromatic heterocycles. The van der Waals surface area contributed by atoms with Crippen LogP contribution in [0.3, 0.4) is 0 Å². The van der Waals surface area contributed by atoms with Gasteiger partial charge in [-0.15, -0.1) is 11.3 Å². The first-order valence-electron chi connectivity index (χ1n) is 9.91. The molecule has 3 aromatic rings. The molecule has 32 heavy (non-hydrogen) atoms. The van der Waals surface area contributed by atoms with Crippen molar-refractivity contribution in [2.45, 2.75) is 26.8 Å². The minimum atomic E-state index is -0.615. The van der Waals surface area contributed by atoms with Crippen molar-refractivity contribution in [3.63, 3.8) is 0 Å². The van der Waals surface area contributed by atoms with Crippen LogP contribution in [0.15, 0.2) is 62.8 Å². The fourth-order valence-electron chi connectivity index (χ4n) is 3.50. The molecule has 0 amide bonds. The van der Waals surface area contributed by atoms with Crippen LogP contribution in [-0.4, -0.2) is 23.1 Å². The third kappa shape index (κ3) is 4.09. The van der Waals surface area contributed by atoms with E-state index in [1.165, 1.54) is 34.2 Å². The smallest absolute Gasteiger partial charge is 0.338 e. The number of para-hydroxylation sites is 1.